The van der Waals surface area contributed by atoms with Gasteiger partial charge in [-0.3, -0.25) is 4.79 Å². The molecule has 0 amide bonds. The summed E-state index contributed by atoms with van der Waals surface area (Å²) in [5.74, 6) is 0.710. The second-order valence-electron chi connectivity index (χ2n) is 4.13. The van der Waals surface area contributed by atoms with E-state index in [0.29, 0.717) is 18.8 Å². The summed E-state index contributed by atoms with van der Waals surface area (Å²) in [6.07, 6.45) is 0.649. The number of nitrogens with one attached hydrogen (secondary N) is 2. The lowest BCUT2D eigenvalue weighted by atomic mass is 10.1. The molecule has 0 saturated heterocycles. The Morgan fingerprint density at radius 2 is 2.06 bits per heavy atom. The second kappa shape index (κ2) is 6.12. The molecule has 18 heavy (non-hydrogen) atoms. The summed E-state index contributed by atoms with van der Waals surface area (Å²) in [5, 5.41) is 3.17. The van der Waals surface area contributed by atoms with Gasteiger partial charge in [-0.25, -0.2) is 4.98 Å². The van der Waals surface area contributed by atoms with Gasteiger partial charge in [-0.15, -0.1) is 0 Å². The molecule has 1 aromatic carbocycles. The van der Waals surface area contributed by atoms with E-state index in [4.69, 9.17) is 0 Å². The van der Waals surface area contributed by atoms with Gasteiger partial charge in [0.2, 0.25) is 0 Å². The van der Waals surface area contributed by atoms with E-state index >= 15 is 0 Å². The van der Waals surface area contributed by atoms with Gasteiger partial charge < -0.3 is 10.3 Å². The van der Waals surface area contributed by atoms with E-state index in [1.165, 1.54) is 6.07 Å². The van der Waals surface area contributed by atoms with E-state index < -0.39 is 0 Å². The highest BCUT2D eigenvalue weighted by molar-refractivity contribution is 5.19. The lowest BCUT2D eigenvalue weighted by molar-refractivity contribution is 0.700. The molecule has 0 saturated carbocycles. The van der Waals surface area contributed by atoms with Crippen molar-refractivity contribution in [3.63, 3.8) is 0 Å². The molecular formula is C14H17N3O. The summed E-state index contributed by atoms with van der Waals surface area (Å²) in [4.78, 5) is 18.8. The Morgan fingerprint density at radius 1 is 1.28 bits per heavy atom. The maximum absolute atomic E-state index is 11.5. The fourth-order valence-corrected chi connectivity index (χ4v) is 1.78. The van der Waals surface area contributed by atoms with E-state index in [-0.39, 0.29) is 5.56 Å². The molecule has 0 spiro atoms. The van der Waals surface area contributed by atoms with Crippen LogP contribution in [0.4, 0.5) is 0 Å². The van der Waals surface area contributed by atoms with Crippen molar-refractivity contribution in [2.45, 2.75) is 19.9 Å². The van der Waals surface area contributed by atoms with Crippen molar-refractivity contribution in [3.8, 4) is 0 Å². The summed E-state index contributed by atoms with van der Waals surface area (Å²) in [5.41, 5.74) is 1.83. The monoisotopic (exact) mass is 243 g/mol. The minimum Gasteiger partial charge on any atom is -0.311 e. The highest BCUT2D eigenvalue weighted by atomic mass is 16.1. The van der Waals surface area contributed by atoms with Crippen molar-refractivity contribution < 1.29 is 0 Å². The number of hydrogen-bond acceptors (Lipinski definition) is 3. The fraction of sp³-hybridized carbons (Fsp3) is 0.286. The minimum atomic E-state index is -0.0937. The molecule has 0 radical (unpaired) electrons. The van der Waals surface area contributed by atoms with Gasteiger partial charge in [0.15, 0.2) is 0 Å². The largest absolute Gasteiger partial charge is 0.311 e. The molecule has 0 atom stereocenters. The van der Waals surface area contributed by atoms with Crippen LogP contribution in [0.25, 0.3) is 0 Å². The van der Waals surface area contributed by atoms with Crippen molar-refractivity contribution in [1.82, 2.24) is 15.3 Å². The quantitative estimate of drug-likeness (QED) is 0.836. The molecule has 2 N–H and O–H groups in total. The summed E-state index contributed by atoms with van der Waals surface area (Å²) in [6.45, 7) is 3.52. The van der Waals surface area contributed by atoms with Crippen LogP contribution in [-0.2, 0) is 13.0 Å². The number of hydrogen-bond donors (Lipinski definition) is 2. The highest BCUT2D eigenvalue weighted by Gasteiger charge is 2.02. The minimum absolute atomic E-state index is 0.0937. The van der Waals surface area contributed by atoms with Gasteiger partial charge in [0.1, 0.15) is 5.82 Å². The van der Waals surface area contributed by atoms with Crippen molar-refractivity contribution >= 4 is 0 Å². The number of benzene rings is 1. The Bertz CT molecular complexity index is 548. The Hall–Kier alpha value is -1.94. The van der Waals surface area contributed by atoms with Gasteiger partial charge in [-0.2, -0.15) is 0 Å². The Kier molecular flexibility index (Phi) is 4.25. The number of aromatic nitrogens is 2. The standard InChI is InChI=1S/C14H17N3O/c1-2-15-10-12-9-14(18)17-13(16-12)8-11-6-4-3-5-7-11/h3-7,9,15H,2,8,10H2,1H3,(H,16,17,18). The average molecular weight is 243 g/mol. The zero-order valence-corrected chi connectivity index (χ0v) is 10.4. The van der Waals surface area contributed by atoms with Crippen molar-refractivity contribution in [2.75, 3.05) is 6.54 Å². The summed E-state index contributed by atoms with van der Waals surface area (Å²) in [7, 11) is 0. The van der Waals surface area contributed by atoms with Crippen molar-refractivity contribution in [3.05, 3.63) is 63.8 Å². The van der Waals surface area contributed by atoms with Crippen LogP contribution >= 0.6 is 0 Å². The third-order valence-electron chi connectivity index (χ3n) is 2.61. The molecule has 2 aromatic rings. The van der Waals surface area contributed by atoms with Gasteiger partial charge in [0, 0.05) is 19.0 Å². The van der Waals surface area contributed by atoms with Crippen LogP contribution in [0.3, 0.4) is 0 Å². The van der Waals surface area contributed by atoms with E-state index in [2.05, 4.69) is 15.3 Å². The smallest absolute Gasteiger partial charge is 0.251 e. The third kappa shape index (κ3) is 3.53. The second-order valence-corrected chi connectivity index (χ2v) is 4.13. The van der Waals surface area contributed by atoms with E-state index in [1.54, 1.807) is 0 Å². The van der Waals surface area contributed by atoms with Gasteiger partial charge in [0.25, 0.3) is 5.56 Å². The SMILES string of the molecule is CCNCc1cc(=O)[nH]c(Cc2ccccc2)n1. The van der Waals surface area contributed by atoms with Crippen LogP contribution in [0.5, 0.6) is 0 Å². The lowest BCUT2D eigenvalue weighted by Crippen LogP contribution is -2.18. The van der Waals surface area contributed by atoms with Crippen molar-refractivity contribution in [2.24, 2.45) is 0 Å². The molecule has 0 aliphatic heterocycles. The van der Waals surface area contributed by atoms with Crippen molar-refractivity contribution in [1.29, 1.82) is 0 Å². The lowest BCUT2D eigenvalue weighted by Gasteiger charge is -2.05. The van der Waals surface area contributed by atoms with E-state index in [1.807, 2.05) is 37.3 Å². The van der Waals surface area contributed by atoms with E-state index in [9.17, 15) is 4.79 Å². The molecule has 4 heteroatoms. The molecule has 94 valence electrons. The molecule has 0 unspecified atom stereocenters. The maximum Gasteiger partial charge on any atom is 0.251 e. The third-order valence-corrected chi connectivity index (χ3v) is 2.61. The normalized spacial score (nSPS) is 10.5. The predicted octanol–water partition coefficient (Wildman–Crippen LogP) is 1.47. The first-order chi connectivity index (χ1) is 8.78. The summed E-state index contributed by atoms with van der Waals surface area (Å²) < 4.78 is 0. The van der Waals surface area contributed by atoms with Gasteiger partial charge in [0.05, 0.1) is 5.69 Å². The molecule has 0 fully saturated rings. The van der Waals surface area contributed by atoms with Gasteiger partial charge >= 0.3 is 0 Å². The molecule has 0 bridgehead atoms. The van der Waals surface area contributed by atoms with Gasteiger partial charge in [-0.05, 0) is 12.1 Å². The van der Waals surface area contributed by atoms with E-state index in [0.717, 1.165) is 17.8 Å². The first-order valence-corrected chi connectivity index (χ1v) is 6.11. The first kappa shape index (κ1) is 12.5. The van der Waals surface area contributed by atoms with Crippen LogP contribution in [0.15, 0.2) is 41.2 Å². The molecule has 1 heterocycles. The molecule has 1 aromatic heterocycles. The van der Waals surface area contributed by atoms with Gasteiger partial charge in [-0.1, -0.05) is 37.3 Å². The maximum atomic E-state index is 11.5. The Labute approximate surface area is 106 Å². The summed E-state index contributed by atoms with van der Waals surface area (Å²) >= 11 is 0. The zero-order chi connectivity index (χ0) is 12.8. The van der Waals surface area contributed by atoms with Crippen LogP contribution in [0, 0.1) is 0 Å². The topological polar surface area (TPSA) is 57.8 Å². The van der Waals surface area contributed by atoms with Crippen LogP contribution in [0.2, 0.25) is 0 Å². The van der Waals surface area contributed by atoms with Crippen LogP contribution in [-0.4, -0.2) is 16.5 Å². The molecule has 0 aliphatic rings. The summed E-state index contributed by atoms with van der Waals surface area (Å²) in [6, 6.07) is 11.5. The Balaban J connectivity index is 2.18. The molecular weight excluding hydrogens is 226 g/mol. The Morgan fingerprint density at radius 3 is 2.78 bits per heavy atom. The number of aromatic amines is 1. The number of rotatable bonds is 5. The molecule has 2 rings (SSSR count). The first-order valence-electron chi connectivity index (χ1n) is 6.11. The zero-order valence-electron chi connectivity index (χ0n) is 10.4. The molecule has 0 aliphatic carbocycles. The van der Waals surface area contributed by atoms with Crippen LogP contribution < -0.4 is 10.9 Å². The number of nitrogens with zero attached hydrogens (tertiary/aromatic N) is 1. The van der Waals surface area contributed by atoms with Crippen LogP contribution in [0.1, 0.15) is 24.0 Å². The fourth-order valence-electron chi connectivity index (χ4n) is 1.78. The predicted molar refractivity (Wildman–Crippen MR) is 71.5 cm³/mol. The highest BCUT2D eigenvalue weighted by Crippen LogP contribution is 2.04. The average Bonchev–Trinajstić information content (AvgIpc) is 2.37. The molecule has 4 nitrogen and oxygen atoms in total. The number of H-pyrrole nitrogens is 1.